The topological polar surface area (TPSA) is 152 Å². The largest absolute Gasteiger partial charge is 0.490 e. The van der Waals surface area contributed by atoms with Crippen molar-refractivity contribution in [1.29, 1.82) is 0 Å². The summed E-state index contributed by atoms with van der Waals surface area (Å²) in [6.45, 7) is 5.30. The molecule has 2 aliphatic heterocycles. The number of aliphatic carboxylic acids is 3. The molecule has 0 aromatic carbocycles. The molecular weight excluding hydrogens is 663 g/mol. The molecule has 0 unspecified atom stereocenters. The molecule has 20 heteroatoms. The molecule has 268 valence electrons. The van der Waals surface area contributed by atoms with Gasteiger partial charge in [0.05, 0.1) is 5.41 Å². The Balaban J connectivity index is 0.000000430. The molecule has 3 aliphatic rings. The molecule has 3 fully saturated rings. The van der Waals surface area contributed by atoms with Crippen molar-refractivity contribution in [1.82, 2.24) is 19.7 Å². The third-order valence-electron chi connectivity index (χ3n) is 8.06. The zero-order chi connectivity index (χ0) is 36.6. The van der Waals surface area contributed by atoms with Crippen LogP contribution in [0.2, 0.25) is 0 Å². The molecule has 1 saturated carbocycles. The van der Waals surface area contributed by atoms with Gasteiger partial charge in [0.15, 0.2) is 0 Å². The van der Waals surface area contributed by atoms with Crippen molar-refractivity contribution in [2.45, 2.75) is 50.8 Å². The van der Waals surface area contributed by atoms with Gasteiger partial charge < -0.3 is 25.1 Å². The van der Waals surface area contributed by atoms with E-state index in [1.165, 1.54) is 24.8 Å². The van der Waals surface area contributed by atoms with Gasteiger partial charge in [-0.05, 0) is 68.8 Å². The number of hydrogen-bond acceptors (Lipinski definition) is 7. The lowest BCUT2D eigenvalue weighted by molar-refractivity contribution is -0.193. The number of amides is 1. The number of piperidine rings is 1. The molecule has 3 heterocycles. The summed E-state index contributed by atoms with van der Waals surface area (Å²) in [5, 5.41) is 21.4. The van der Waals surface area contributed by atoms with Crippen LogP contribution in [-0.4, -0.2) is 125 Å². The number of hydrogen-bond donors (Lipinski definition) is 3. The van der Waals surface area contributed by atoms with E-state index >= 15 is 0 Å². The Kier molecular flexibility index (Phi) is 14.0. The smallest absolute Gasteiger partial charge is 0.475 e. The highest BCUT2D eigenvalue weighted by Crippen LogP contribution is 2.62. The van der Waals surface area contributed by atoms with Crippen molar-refractivity contribution in [2.75, 3.05) is 47.3 Å². The highest BCUT2D eigenvalue weighted by molar-refractivity contribution is 5.84. The van der Waals surface area contributed by atoms with Crippen LogP contribution >= 0.6 is 0 Å². The van der Waals surface area contributed by atoms with Crippen molar-refractivity contribution in [3.05, 3.63) is 30.1 Å². The number of likely N-dealkylation sites (tertiary alicyclic amines) is 2. The number of rotatable bonds is 3. The molecule has 0 bridgehead atoms. The number of pyridine rings is 1. The molecule has 0 radical (unpaired) electrons. The Hall–Kier alpha value is -3.68. The van der Waals surface area contributed by atoms with E-state index in [-0.39, 0.29) is 5.41 Å². The van der Waals surface area contributed by atoms with Crippen molar-refractivity contribution in [2.24, 2.45) is 16.7 Å². The lowest BCUT2D eigenvalue weighted by atomic mass is 9.65. The Morgan fingerprint density at radius 3 is 1.66 bits per heavy atom. The molecule has 4 rings (SSSR count). The second-order valence-electron chi connectivity index (χ2n) is 11.5. The lowest BCUT2D eigenvalue weighted by Crippen LogP contribution is -2.48. The highest BCUT2D eigenvalue weighted by atomic mass is 19.4. The fourth-order valence-electron chi connectivity index (χ4n) is 6.10. The number of fused-ring (bicyclic) bond motifs is 2. The van der Waals surface area contributed by atoms with Crippen LogP contribution < -0.4 is 0 Å². The number of carboxylic acid groups (broad SMARTS) is 3. The number of carboxylic acids is 3. The van der Waals surface area contributed by atoms with E-state index in [0.717, 1.165) is 39.1 Å². The first kappa shape index (κ1) is 41.3. The van der Waals surface area contributed by atoms with E-state index < -0.39 is 36.4 Å². The van der Waals surface area contributed by atoms with Gasteiger partial charge in [-0.15, -0.1) is 0 Å². The first-order valence-corrected chi connectivity index (χ1v) is 13.7. The van der Waals surface area contributed by atoms with Crippen molar-refractivity contribution in [3.8, 4) is 0 Å². The van der Waals surface area contributed by atoms with Crippen molar-refractivity contribution < 1.29 is 74.0 Å². The van der Waals surface area contributed by atoms with Crippen LogP contribution in [0.4, 0.5) is 39.5 Å². The maximum atomic E-state index is 13.1. The van der Waals surface area contributed by atoms with Gasteiger partial charge in [0, 0.05) is 46.1 Å². The van der Waals surface area contributed by atoms with Gasteiger partial charge in [0.1, 0.15) is 0 Å². The number of nitrogens with zero attached hydrogens (tertiary/aromatic N) is 4. The molecule has 47 heavy (non-hydrogen) atoms. The molecule has 2 atom stereocenters. The quantitative estimate of drug-likeness (QED) is 0.396. The van der Waals surface area contributed by atoms with Gasteiger partial charge in [-0.25, -0.2) is 14.4 Å². The van der Waals surface area contributed by atoms with E-state index in [1.807, 2.05) is 37.5 Å². The van der Waals surface area contributed by atoms with Crippen LogP contribution in [0.3, 0.4) is 0 Å². The summed E-state index contributed by atoms with van der Waals surface area (Å²) >= 11 is 0. The molecule has 1 aromatic heterocycles. The maximum absolute atomic E-state index is 13.1. The minimum absolute atomic E-state index is 0.135. The van der Waals surface area contributed by atoms with E-state index in [4.69, 9.17) is 29.7 Å². The monoisotopic (exact) mass is 698 g/mol. The normalized spacial score (nSPS) is 22.3. The van der Waals surface area contributed by atoms with Crippen LogP contribution in [0.1, 0.15) is 31.2 Å². The summed E-state index contributed by atoms with van der Waals surface area (Å²) in [5.74, 6) is -7.38. The number of halogens is 9. The number of alkyl halides is 9. The average molecular weight is 699 g/mol. The van der Waals surface area contributed by atoms with Gasteiger partial charge in [0.2, 0.25) is 5.91 Å². The predicted octanol–water partition coefficient (Wildman–Crippen LogP) is 3.99. The van der Waals surface area contributed by atoms with Crippen molar-refractivity contribution >= 4 is 23.8 Å². The third-order valence-corrected chi connectivity index (χ3v) is 8.06. The van der Waals surface area contributed by atoms with E-state index in [2.05, 4.69) is 27.9 Å². The van der Waals surface area contributed by atoms with E-state index in [1.54, 1.807) is 0 Å². The molecular formula is C27H35F9N4O7. The first-order chi connectivity index (χ1) is 21.3. The predicted molar refractivity (Wildman–Crippen MR) is 144 cm³/mol. The second-order valence-corrected chi connectivity index (χ2v) is 11.5. The minimum atomic E-state index is -5.08. The molecule has 3 N–H and O–H groups in total. The van der Waals surface area contributed by atoms with Gasteiger partial charge in [0.25, 0.3) is 0 Å². The van der Waals surface area contributed by atoms with Gasteiger partial charge in [-0.3, -0.25) is 14.7 Å². The number of carbonyl (C=O) groups is 4. The van der Waals surface area contributed by atoms with Crippen LogP contribution in [-0.2, 0) is 25.7 Å². The van der Waals surface area contributed by atoms with E-state index in [9.17, 15) is 44.3 Å². The van der Waals surface area contributed by atoms with E-state index in [0.29, 0.717) is 17.2 Å². The average Bonchev–Trinajstić information content (AvgIpc) is 3.43. The zero-order valence-corrected chi connectivity index (χ0v) is 25.4. The molecule has 1 aliphatic carbocycles. The number of aromatic nitrogens is 1. The Morgan fingerprint density at radius 1 is 0.851 bits per heavy atom. The van der Waals surface area contributed by atoms with Crippen LogP contribution in [0.25, 0.3) is 0 Å². The number of carbonyl (C=O) groups excluding carboxylic acids is 1. The fourth-order valence-corrected chi connectivity index (χ4v) is 6.10. The molecule has 1 aromatic rings. The Labute approximate surface area is 262 Å². The Bertz CT molecular complexity index is 1160. The summed E-state index contributed by atoms with van der Waals surface area (Å²) in [6.07, 6.45) is -6.67. The SMILES string of the molecule is CN1C[C@H]2C3(CCN(Cc4cccnc4)CC3)CC[C@@]2(C(=O)N(C)C)C1.O=C(O)C(F)(F)F.O=C(O)C(F)(F)F.O=C(O)C(F)(F)F. The van der Waals surface area contributed by atoms with Crippen LogP contribution in [0.15, 0.2) is 24.5 Å². The summed E-state index contributed by atoms with van der Waals surface area (Å²) in [5.41, 5.74) is 1.53. The zero-order valence-electron chi connectivity index (χ0n) is 25.4. The fraction of sp³-hybridized carbons (Fsp3) is 0.667. The summed E-state index contributed by atoms with van der Waals surface area (Å²) < 4.78 is 95.2. The molecule has 2 saturated heterocycles. The standard InChI is InChI=1S/C21H32N4O.3C2HF3O2/c1-23(2)19(26)21-7-6-20(18(21)15-24(3)16-21)8-11-25(12-9-20)14-17-5-4-10-22-13-17;3*3-2(4,5)1(6)7/h4-5,10,13,18H,6-9,11-12,14-16H2,1-3H3;3*(H,6,7)/t18-,21+;;;/m0.../s1. The third kappa shape index (κ3) is 11.8. The minimum Gasteiger partial charge on any atom is -0.475 e. The highest BCUT2D eigenvalue weighted by Gasteiger charge is 2.64. The van der Waals surface area contributed by atoms with Crippen LogP contribution in [0.5, 0.6) is 0 Å². The van der Waals surface area contributed by atoms with Gasteiger partial charge in [-0.2, -0.15) is 39.5 Å². The lowest BCUT2D eigenvalue weighted by Gasteiger charge is -2.44. The second kappa shape index (κ2) is 15.9. The van der Waals surface area contributed by atoms with Gasteiger partial charge in [-0.1, -0.05) is 6.07 Å². The Morgan fingerprint density at radius 2 is 1.30 bits per heavy atom. The summed E-state index contributed by atoms with van der Waals surface area (Å²) in [7, 11) is 6.04. The maximum Gasteiger partial charge on any atom is 0.490 e. The molecule has 1 amide bonds. The first-order valence-electron chi connectivity index (χ1n) is 13.7. The van der Waals surface area contributed by atoms with Crippen LogP contribution in [0, 0.1) is 16.7 Å². The van der Waals surface area contributed by atoms with Gasteiger partial charge >= 0.3 is 36.4 Å². The molecule has 1 spiro atoms. The molecule has 11 nitrogen and oxygen atoms in total. The van der Waals surface area contributed by atoms with Crippen molar-refractivity contribution in [3.63, 3.8) is 0 Å². The summed E-state index contributed by atoms with van der Waals surface area (Å²) in [6, 6.07) is 4.19. The summed E-state index contributed by atoms with van der Waals surface area (Å²) in [4.78, 5) is 50.8.